The SMILES string of the molecule is CC(NC(=O)c1ccc(F)cc1Br)C(C)(C)C. The van der Waals surface area contributed by atoms with Crippen molar-refractivity contribution in [3.63, 3.8) is 0 Å². The fourth-order valence-corrected chi connectivity index (χ4v) is 1.70. The number of nitrogens with one attached hydrogen (secondary N) is 1. The largest absolute Gasteiger partial charge is 0.349 e. The van der Waals surface area contributed by atoms with E-state index in [9.17, 15) is 9.18 Å². The molecule has 1 rings (SSSR count). The lowest BCUT2D eigenvalue weighted by atomic mass is 9.88. The van der Waals surface area contributed by atoms with Gasteiger partial charge in [0, 0.05) is 10.5 Å². The summed E-state index contributed by atoms with van der Waals surface area (Å²) in [4.78, 5) is 12.0. The van der Waals surface area contributed by atoms with Gasteiger partial charge in [0.1, 0.15) is 5.82 Å². The van der Waals surface area contributed by atoms with Crippen molar-refractivity contribution in [1.82, 2.24) is 5.32 Å². The van der Waals surface area contributed by atoms with E-state index in [-0.39, 0.29) is 23.2 Å². The second-order valence-corrected chi connectivity index (χ2v) is 6.04. The van der Waals surface area contributed by atoms with Crippen LogP contribution in [0.5, 0.6) is 0 Å². The molecule has 17 heavy (non-hydrogen) atoms. The molecule has 1 N–H and O–H groups in total. The molecule has 0 aliphatic carbocycles. The van der Waals surface area contributed by atoms with Gasteiger partial charge in [-0.05, 0) is 46.5 Å². The Balaban J connectivity index is 2.84. The topological polar surface area (TPSA) is 29.1 Å². The monoisotopic (exact) mass is 301 g/mol. The first-order valence-corrected chi connectivity index (χ1v) is 6.27. The molecule has 0 aliphatic rings. The van der Waals surface area contributed by atoms with Crippen LogP contribution in [-0.4, -0.2) is 11.9 Å². The van der Waals surface area contributed by atoms with Crippen molar-refractivity contribution in [2.45, 2.75) is 33.7 Å². The van der Waals surface area contributed by atoms with Crippen LogP contribution in [0.2, 0.25) is 0 Å². The summed E-state index contributed by atoms with van der Waals surface area (Å²) >= 11 is 3.19. The van der Waals surface area contributed by atoms with E-state index in [0.29, 0.717) is 10.0 Å². The molecule has 2 nitrogen and oxygen atoms in total. The Kier molecular flexibility index (Phi) is 4.31. The van der Waals surface area contributed by atoms with E-state index in [2.05, 4.69) is 42.0 Å². The van der Waals surface area contributed by atoms with Crippen LogP contribution in [0, 0.1) is 11.2 Å². The molecule has 0 radical (unpaired) electrons. The fraction of sp³-hybridized carbons (Fsp3) is 0.462. The van der Waals surface area contributed by atoms with E-state index in [1.807, 2.05) is 6.92 Å². The molecule has 1 aromatic carbocycles. The van der Waals surface area contributed by atoms with Gasteiger partial charge in [-0.15, -0.1) is 0 Å². The number of amides is 1. The van der Waals surface area contributed by atoms with Crippen LogP contribution >= 0.6 is 15.9 Å². The number of carbonyl (C=O) groups is 1. The quantitative estimate of drug-likeness (QED) is 0.885. The average molecular weight is 302 g/mol. The lowest BCUT2D eigenvalue weighted by molar-refractivity contribution is 0.0909. The van der Waals surface area contributed by atoms with Crippen molar-refractivity contribution >= 4 is 21.8 Å². The highest BCUT2D eigenvalue weighted by atomic mass is 79.9. The van der Waals surface area contributed by atoms with Crippen LogP contribution in [0.25, 0.3) is 0 Å². The van der Waals surface area contributed by atoms with Gasteiger partial charge in [-0.1, -0.05) is 20.8 Å². The second-order valence-electron chi connectivity index (χ2n) is 5.19. The standard InChI is InChI=1S/C13H17BrFNO/c1-8(13(2,3)4)16-12(17)10-6-5-9(15)7-11(10)14/h5-8H,1-4H3,(H,16,17). The van der Waals surface area contributed by atoms with Gasteiger partial charge in [0.25, 0.3) is 5.91 Å². The highest BCUT2D eigenvalue weighted by molar-refractivity contribution is 9.10. The summed E-state index contributed by atoms with van der Waals surface area (Å²) in [6.45, 7) is 8.11. The molecule has 1 unspecified atom stereocenters. The molecule has 1 amide bonds. The van der Waals surface area contributed by atoms with Crippen molar-refractivity contribution in [2.75, 3.05) is 0 Å². The number of halogens is 2. The molecule has 1 aromatic rings. The third-order valence-electron chi connectivity index (χ3n) is 2.82. The summed E-state index contributed by atoms with van der Waals surface area (Å²) < 4.78 is 13.4. The second kappa shape index (κ2) is 5.17. The van der Waals surface area contributed by atoms with Gasteiger partial charge in [-0.3, -0.25) is 4.79 Å². The molecule has 0 aromatic heterocycles. The molecular formula is C13H17BrFNO. The third-order valence-corrected chi connectivity index (χ3v) is 3.48. The number of rotatable bonds is 2. The van der Waals surface area contributed by atoms with Gasteiger partial charge in [0.05, 0.1) is 5.56 Å². The number of carbonyl (C=O) groups excluding carboxylic acids is 1. The zero-order valence-electron chi connectivity index (χ0n) is 10.5. The lowest BCUT2D eigenvalue weighted by Gasteiger charge is -2.28. The fourth-order valence-electron chi connectivity index (χ4n) is 1.16. The van der Waals surface area contributed by atoms with E-state index >= 15 is 0 Å². The summed E-state index contributed by atoms with van der Waals surface area (Å²) in [5.74, 6) is -0.559. The minimum Gasteiger partial charge on any atom is -0.349 e. The zero-order chi connectivity index (χ0) is 13.2. The molecule has 94 valence electrons. The molecule has 0 spiro atoms. The minimum absolute atomic E-state index is 0.0117. The molecule has 0 aliphatic heterocycles. The van der Waals surface area contributed by atoms with Gasteiger partial charge >= 0.3 is 0 Å². The number of benzene rings is 1. The van der Waals surface area contributed by atoms with E-state index in [1.165, 1.54) is 18.2 Å². The summed E-state index contributed by atoms with van der Waals surface area (Å²) in [6.07, 6.45) is 0. The van der Waals surface area contributed by atoms with Crippen molar-refractivity contribution in [3.05, 3.63) is 34.1 Å². The third kappa shape index (κ3) is 3.80. The van der Waals surface area contributed by atoms with E-state index < -0.39 is 0 Å². The Morgan fingerprint density at radius 1 is 1.41 bits per heavy atom. The van der Waals surface area contributed by atoms with Crippen LogP contribution in [0.4, 0.5) is 4.39 Å². The van der Waals surface area contributed by atoms with Gasteiger partial charge in [0.15, 0.2) is 0 Å². The maximum atomic E-state index is 12.9. The van der Waals surface area contributed by atoms with Crippen LogP contribution in [0.3, 0.4) is 0 Å². The smallest absolute Gasteiger partial charge is 0.252 e. The van der Waals surface area contributed by atoms with Crippen LogP contribution in [-0.2, 0) is 0 Å². The summed E-state index contributed by atoms with van der Waals surface area (Å²) in [5.41, 5.74) is 0.435. The van der Waals surface area contributed by atoms with Gasteiger partial charge in [0.2, 0.25) is 0 Å². The van der Waals surface area contributed by atoms with Crippen LogP contribution < -0.4 is 5.32 Å². The molecule has 4 heteroatoms. The first-order chi connectivity index (χ1) is 7.71. The predicted molar refractivity (Wildman–Crippen MR) is 70.5 cm³/mol. The first kappa shape index (κ1) is 14.2. The summed E-state index contributed by atoms with van der Waals surface area (Å²) in [6, 6.07) is 4.08. The minimum atomic E-state index is -0.364. The van der Waals surface area contributed by atoms with E-state index in [0.717, 1.165) is 0 Å². The van der Waals surface area contributed by atoms with Crippen molar-refractivity contribution in [2.24, 2.45) is 5.41 Å². The summed E-state index contributed by atoms with van der Waals surface area (Å²) in [7, 11) is 0. The maximum Gasteiger partial charge on any atom is 0.252 e. The van der Waals surface area contributed by atoms with Gasteiger partial charge < -0.3 is 5.32 Å². The van der Waals surface area contributed by atoms with Crippen molar-refractivity contribution in [3.8, 4) is 0 Å². The van der Waals surface area contributed by atoms with Gasteiger partial charge in [-0.2, -0.15) is 0 Å². The van der Waals surface area contributed by atoms with Crippen LogP contribution in [0.15, 0.2) is 22.7 Å². The molecule has 0 fully saturated rings. The Morgan fingerprint density at radius 3 is 2.47 bits per heavy atom. The molecule has 0 heterocycles. The number of hydrogen-bond donors (Lipinski definition) is 1. The Labute approximate surface area is 110 Å². The first-order valence-electron chi connectivity index (χ1n) is 5.47. The van der Waals surface area contributed by atoms with Crippen LogP contribution in [0.1, 0.15) is 38.1 Å². The number of hydrogen-bond acceptors (Lipinski definition) is 1. The highest BCUT2D eigenvalue weighted by Crippen LogP contribution is 2.21. The van der Waals surface area contributed by atoms with Crippen molar-refractivity contribution in [1.29, 1.82) is 0 Å². The maximum absolute atomic E-state index is 12.9. The normalized spacial score (nSPS) is 13.3. The summed E-state index contributed by atoms with van der Waals surface area (Å²) in [5, 5.41) is 2.91. The zero-order valence-corrected chi connectivity index (χ0v) is 12.1. The highest BCUT2D eigenvalue weighted by Gasteiger charge is 2.22. The molecule has 0 saturated heterocycles. The van der Waals surface area contributed by atoms with Gasteiger partial charge in [-0.25, -0.2) is 4.39 Å². The molecular weight excluding hydrogens is 285 g/mol. The lowest BCUT2D eigenvalue weighted by Crippen LogP contribution is -2.41. The molecule has 0 bridgehead atoms. The van der Waals surface area contributed by atoms with E-state index in [1.54, 1.807) is 0 Å². The Hall–Kier alpha value is -0.900. The Bertz CT molecular complexity index is 426. The average Bonchev–Trinajstić information content (AvgIpc) is 2.15. The Morgan fingerprint density at radius 2 is 2.00 bits per heavy atom. The predicted octanol–water partition coefficient (Wildman–Crippen LogP) is 3.75. The molecule has 1 atom stereocenters. The van der Waals surface area contributed by atoms with E-state index in [4.69, 9.17) is 0 Å². The van der Waals surface area contributed by atoms with Crippen molar-refractivity contribution < 1.29 is 9.18 Å². The molecule has 0 saturated carbocycles.